The molecule has 0 unspecified atom stereocenters. The zero-order valence-corrected chi connectivity index (χ0v) is 13.5. The first-order chi connectivity index (χ1) is 11.5. The first-order valence-electron chi connectivity index (χ1n) is 7.31. The maximum absolute atomic E-state index is 12.0. The van der Waals surface area contributed by atoms with Gasteiger partial charge in [0.15, 0.2) is 0 Å². The van der Waals surface area contributed by atoms with Gasteiger partial charge in [0.1, 0.15) is 5.70 Å². The molecule has 0 spiro atoms. The third-order valence-corrected chi connectivity index (χ3v) is 3.39. The Kier molecular flexibility index (Phi) is 5.91. The number of piperazine rings is 1. The van der Waals surface area contributed by atoms with E-state index < -0.39 is 11.9 Å². The fraction of sp³-hybridized carbons (Fsp3) is 0.312. The Morgan fingerprint density at radius 3 is 2.75 bits per heavy atom. The number of ether oxygens (including phenoxy) is 2. The normalized spacial score (nSPS) is 15.0. The highest BCUT2D eigenvalue weighted by molar-refractivity contribution is 5.99. The smallest absolute Gasteiger partial charge is 0.354 e. The second-order valence-electron chi connectivity index (χ2n) is 4.97. The highest BCUT2D eigenvalue weighted by Crippen LogP contribution is 2.21. The largest absolute Gasteiger partial charge is 0.466 e. The SMILES string of the molecule is COC(=O)/C=C(/Nc1cccc(N2CCNCC2=O)c1)C(=O)OC. The Balaban J connectivity index is 2.23. The van der Waals surface area contributed by atoms with E-state index >= 15 is 0 Å². The van der Waals surface area contributed by atoms with Crippen LogP contribution in [0.5, 0.6) is 0 Å². The molecule has 0 atom stereocenters. The van der Waals surface area contributed by atoms with E-state index in [1.54, 1.807) is 29.2 Å². The van der Waals surface area contributed by atoms with Crippen molar-refractivity contribution < 1.29 is 23.9 Å². The number of carbonyl (C=O) groups excluding carboxylic acids is 3. The summed E-state index contributed by atoms with van der Waals surface area (Å²) in [5.74, 6) is -1.42. The van der Waals surface area contributed by atoms with Crippen LogP contribution in [0.2, 0.25) is 0 Å². The molecule has 2 N–H and O–H groups in total. The molecule has 0 bridgehead atoms. The van der Waals surface area contributed by atoms with E-state index in [2.05, 4.69) is 20.1 Å². The van der Waals surface area contributed by atoms with Gasteiger partial charge in [-0.25, -0.2) is 9.59 Å². The topological polar surface area (TPSA) is 97.0 Å². The molecule has 0 aliphatic carbocycles. The van der Waals surface area contributed by atoms with E-state index in [-0.39, 0.29) is 18.1 Å². The summed E-state index contributed by atoms with van der Waals surface area (Å²) >= 11 is 0. The summed E-state index contributed by atoms with van der Waals surface area (Å²) in [6.07, 6.45) is 1.01. The molecule has 1 aliphatic heterocycles. The molecule has 128 valence electrons. The van der Waals surface area contributed by atoms with E-state index in [1.165, 1.54) is 14.2 Å². The molecule has 2 rings (SSSR count). The van der Waals surface area contributed by atoms with Crippen LogP contribution in [0, 0.1) is 0 Å². The first kappa shape index (κ1) is 17.5. The van der Waals surface area contributed by atoms with Gasteiger partial charge in [0, 0.05) is 24.5 Å². The van der Waals surface area contributed by atoms with Gasteiger partial charge in [-0.1, -0.05) is 6.07 Å². The highest BCUT2D eigenvalue weighted by atomic mass is 16.5. The molecule has 1 heterocycles. The summed E-state index contributed by atoms with van der Waals surface area (Å²) in [5, 5.41) is 5.82. The maximum atomic E-state index is 12.0. The number of nitrogens with zero attached hydrogens (tertiary/aromatic N) is 1. The van der Waals surface area contributed by atoms with E-state index in [9.17, 15) is 14.4 Å². The van der Waals surface area contributed by atoms with Crippen molar-refractivity contribution in [1.29, 1.82) is 0 Å². The number of hydrogen-bond donors (Lipinski definition) is 2. The fourth-order valence-corrected chi connectivity index (χ4v) is 2.22. The number of esters is 2. The molecule has 1 aromatic rings. The molecule has 0 aromatic heterocycles. The second-order valence-corrected chi connectivity index (χ2v) is 4.97. The van der Waals surface area contributed by atoms with E-state index in [0.717, 1.165) is 6.08 Å². The van der Waals surface area contributed by atoms with Crippen molar-refractivity contribution in [3.63, 3.8) is 0 Å². The van der Waals surface area contributed by atoms with Crippen LogP contribution in [0.25, 0.3) is 0 Å². The zero-order chi connectivity index (χ0) is 17.5. The lowest BCUT2D eigenvalue weighted by Crippen LogP contribution is -2.48. The van der Waals surface area contributed by atoms with Gasteiger partial charge in [-0.05, 0) is 18.2 Å². The number of amides is 1. The van der Waals surface area contributed by atoms with Crippen molar-refractivity contribution in [1.82, 2.24) is 5.32 Å². The van der Waals surface area contributed by atoms with Crippen LogP contribution in [-0.4, -0.2) is 51.7 Å². The average Bonchev–Trinajstić information content (AvgIpc) is 2.61. The van der Waals surface area contributed by atoms with Crippen molar-refractivity contribution in [3.8, 4) is 0 Å². The summed E-state index contributed by atoms with van der Waals surface area (Å²) in [6, 6.07) is 6.98. The van der Waals surface area contributed by atoms with Gasteiger partial charge in [0.25, 0.3) is 0 Å². The number of methoxy groups -OCH3 is 2. The minimum absolute atomic E-state index is 0.0308. The van der Waals surface area contributed by atoms with Crippen LogP contribution in [0.3, 0.4) is 0 Å². The number of carbonyl (C=O) groups is 3. The van der Waals surface area contributed by atoms with Gasteiger partial charge in [-0.3, -0.25) is 4.79 Å². The average molecular weight is 333 g/mol. The Bertz CT molecular complexity index is 671. The number of nitrogens with one attached hydrogen (secondary N) is 2. The van der Waals surface area contributed by atoms with Crippen molar-refractivity contribution in [2.75, 3.05) is 44.1 Å². The van der Waals surface area contributed by atoms with Crippen LogP contribution in [0.1, 0.15) is 0 Å². The van der Waals surface area contributed by atoms with Crippen LogP contribution in [-0.2, 0) is 23.9 Å². The van der Waals surface area contributed by atoms with Crippen LogP contribution in [0.15, 0.2) is 36.0 Å². The minimum atomic E-state index is -0.705. The van der Waals surface area contributed by atoms with E-state index in [0.29, 0.717) is 24.5 Å². The predicted octanol–water partition coefficient (Wildman–Crippen LogP) is 0.265. The summed E-state index contributed by atoms with van der Waals surface area (Å²) in [6.45, 7) is 1.55. The summed E-state index contributed by atoms with van der Waals surface area (Å²) in [5.41, 5.74) is 1.18. The first-order valence-corrected chi connectivity index (χ1v) is 7.31. The van der Waals surface area contributed by atoms with Gasteiger partial charge in [0.05, 0.1) is 26.8 Å². The number of rotatable bonds is 5. The summed E-state index contributed by atoms with van der Waals surface area (Å²) < 4.78 is 9.17. The van der Waals surface area contributed by atoms with E-state index in [4.69, 9.17) is 0 Å². The van der Waals surface area contributed by atoms with Crippen LogP contribution < -0.4 is 15.5 Å². The van der Waals surface area contributed by atoms with Gasteiger partial charge >= 0.3 is 11.9 Å². The van der Waals surface area contributed by atoms with E-state index in [1.807, 2.05) is 0 Å². The van der Waals surface area contributed by atoms with Crippen molar-refractivity contribution in [3.05, 3.63) is 36.0 Å². The van der Waals surface area contributed by atoms with Crippen LogP contribution in [0.4, 0.5) is 11.4 Å². The molecule has 1 amide bonds. The van der Waals surface area contributed by atoms with Gasteiger partial charge in [-0.15, -0.1) is 0 Å². The fourth-order valence-electron chi connectivity index (χ4n) is 2.22. The molecule has 1 saturated heterocycles. The Morgan fingerprint density at radius 2 is 2.08 bits per heavy atom. The second kappa shape index (κ2) is 8.11. The van der Waals surface area contributed by atoms with Crippen LogP contribution >= 0.6 is 0 Å². The minimum Gasteiger partial charge on any atom is -0.466 e. The van der Waals surface area contributed by atoms with Gasteiger partial charge in [0.2, 0.25) is 5.91 Å². The standard InChI is InChI=1S/C16H19N3O5/c1-23-15(21)9-13(16(22)24-2)18-11-4-3-5-12(8-11)19-7-6-17-10-14(19)20/h3-5,8-9,17-18H,6-7,10H2,1-2H3/b13-9+. The lowest BCUT2D eigenvalue weighted by atomic mass is 10.2. The van der Waals surface area contributed by atoms with Crippen molar-refractivity contribution in [2.24, 2.45) is 0 Å². The lowest BCUT2D eigenvalue weighted by Gasteiger charge is -2.27. The Labute approximate surface area is 139 Å². The third-order valence-electron chi connectivity index (χ3n) is 3.39. The van der Waals surface area contributed by atoms with Gasteiger partial charge in [-0.2, -0.15) is 0 Å². The molecular formula is C16H19N3O5. The summed E-state index contributed by atoms with van der Waals surface area (Å²) in [7, 11) is 2.43. The predicted molar refractivity (Wildman–Crippen MR) is 87.4 cm³/mol. The third kappa shape index (κ3) is 4.32. The molecule has 8 nitrogen and oxygen atoms in total. The molecule has 1 fully saturated rings. The maximum Gasteiger partial charge on any atom is 0.354 e. The number of benzene rings is 1. The molecule has 0 radical (unpaired) electrons. The molecule has 1 aromatic carbocycles. The Hall–Kier alpha value is -2.87. The molecular weight excluding hydrogens is 314 g/mol. The van der Waals surface area contributed by atoms with Crippen molar-refractivity contribution >= 4 is 29.2 Å². The Morgan fingerprint density at radius 1 is 1.29 bits per heavy atom. The van der Waals surface area contributed by atoms with Gasteiger partial charge < -0.3 is 25.0 Å². The zero-order valence-electron chi connectivity index (χ0n) is 13.5. The number of anilines is 2. The molecule has 1 aliphatic rings. The summed E-state index contributed by atoms with van der Waals surface area (Å²) in [4.78, 5) is 36.8. The highest BCUT2D eigenvalue weighted by Gasteiger charge is 2.20. The quantitative estimate of drug-likeness (QED) is 0.589. The molecule has 8 heteroatoms. The molecule has 0 saturated carbocycles. The van der Waals surface area contributed by atoms with Crippen molar-refractivity contribution in [2.45, 2.75) is 0 Å². The monoisotopic (exact) mass is 333 g/mol. The number of hydrogen-bond acceptors (Lipinski definition) is 7. The lowest BCUT2D eigenvalue weighted by molar-refractivity contribution is -0.138. The molecule has 24 heavy (non-hydrogen) atoms.